The van der Waals surface area contributed by atoms with E-state index in [4.69, 9.17) is 19.5 Å². The van der Waals surface area contributed by atoms with Crippen LogP contribution in [0.4, 0.5) is 4.39 Å². The smallest absolute Gasteiger partial charge is 0.219 e. The lowest BCUT2D eigenvalue weighted by Crippen LogP contribution is -2.71. The highest BCUT2D eigenvalue weighted by molar-refractivity contribution is 7.20. The summed E-state index contributed by atoms with van der Waals surface area (Å²) in [6, 6.07) is 13.2. The molecule has 1 aliphatic carbocycles. The molecule has 2 atom stereocenters. The third-order valence-electron chi connectivity index (χ3n) is 8.37. The maximum Gasteiger partial charge on any atom is 0.219 e. The second-order valence-corrected chi connectivity index (χ2v) is 11.3. The molecule has 0 radical (unpaired) electrons. The quantitative estimate of drug-likeness (QED) is 0.505. The van der Waals surface area contributed by atoms with E-state index in [-0.39, 0.29) is 5.82 Å². The Morgan fingerprint density at radius 1 is 1.09 bits per heavy atom. The van der Waals surface area contributed by atoms with Crippen molar-refractivity contribution < 1.29 is 18.7 Å². The number of methoxy groups -OCH3 is 2. The summed E-state index contributed by atoms with van der Waals surface area (Å²) in [6.45, 7) is 3.87. The van der Waals surface area contributed by atoms with Gasteiger partial charge in [-0.05, 0) is 48.4 Å². The van der Waals surface area contributed by atoms with Crippen LogP contribution in [0.2, 0.25) is 0 Å². The highest BCUT2D eigenvalue weighted by Gasteiger charge is 2.65. The summed E-state index contributed by atoms with van der Waals surface area (Å²) in [6.07, 6.45) is 2.32. The average Bonchev–Trinajstić information content (AvgIpc) is 3.46. The molecule has 5 aliphatic rings. The monoisotopic (exact) mass is 493 g/mol. The molecule has 8 rings (SSSR count). The van der Waals surface area contributed by atoms with E-state index in [2.05, 4.69) is 15.9 Å². The second-order valence-electron chi connectivity index (χ2n) is 10.2. The number of rotatable bonds is 5. The van der Waals surface area contributed by atoms with Crippen LogP contribution in [0.3, 0.4) is 0 Å². The number of halogens is 1. The molecule has 8 heteroatoms. The van der Waals surface area contributed by atoms with E-state index in [1.54, 1.807) is 20.3 Å². The van der Waals surface area contributed by atoms with Crippen LogP contribution in [0.1, 0.15) is 23.3 Å². The predicted octanol–water partition coefficient (Wildman–Crippen LogP) is 4.92. The van der Waals surface area contributed by atoms with E-state index in [1.807, 2.05) is 24.3 Å². The number of fused-ring (bicyclic) bond motifs is 1. The molecular weight excluding hydrogens is 465 g/mol. The Kier molecular flexibility index (Phi) is 4.80. The van der Waals surface area contributed by atoms with E-state index in [0.717, 1.165) is 65.0 Å². The molecule has 0 N–H and O–H groups in total. The number of thiophene rings is 1. The van der Waals surface area contributed by atoms with Crippen LogP contribution < -0.4 is 9.47 Å². The predicted molar refractivity (Wildman–Crippen MR) is 133 cm³/mol. The Morgan fingerprint density at radius 3 is 2.63 bits per heavy atom. The molecule has 1 aromatic heterocycles. The normalized spacial score (nSPS) is 30.7. The highest BCUT2D eigenvalue weighted by atomic mass is 32.1. The number of ether oxygens (including phenoxy) is 2. The van der Waals surface area contributed by atoms with E-state index >= 15 is 0 Å². The van der Waals surface area contributed by atoms with Crippen LogP contribution >= 0.6 is 11.3 Å². The van der Waals surface area contributed by atoms with Gasteiger partial charge in [0.1, 0.15) is 17.3 Å². The zero-order valence-electron chi connectivity index (χ0n) is 19.9. The van der Waals surface area contributed by atoms with Crippen molar-refractivity contribution in [2.24, 2.45) is 22.9 Å². The molecule has 6 nitrogen and oxygen atoms in total. The third-order valence-corrected chi connectivity index (χ3v) is 9.53. The molecule has 2 aromatic carbocycles. The number of hydrogen-bond acceptors (Lipinski definition) is 7. The van der Waals surface area contributed by atoms with Gasteiger partial charge in [-0.3, -0.25) is 0 Å². The van der Waals surface area contributed by atoms with Crippen molar-refractivity contribution in [1.29, 1.82) is 0 Å². The fourth-order valence-corrected chi connectivity index (χ4v) is 8.04. The number of oxime groups is 1. The lowest BCUT2D eigenvalue weighted by atomic mass is 9.62. The van der Waals surface area contributed by atoms with Crippen molar-refractivity contribution >= 4 is 27.3 Å². The molecule has 3 saturated heterocycles. The molecule has 35 heavy (non-hydrogen) atoms. The van der Waals surface area contributed by atoms with Gasteiger partial charge in [0.05, 0.1) is 30.3 Å². The molecule has 4 bridgehead atoms. The fraction of sp³-hybridized carbons (Fsp3) is 0.444. The van der Waals surface area contributed by atoms with Gasteiger partial charge in [0.25, 0.3) is 0 Å². The average molecular weight is 494 g/mol. The van der Waals surface area contributed by atoms with Gasteiger partial charge in [-0.25, -0.2) is 4.39 Å². The first kappa shape index (κ1) is 21.4. The Balaban J connectivity index is 1.34. The molecule has 2 unspecified atom stereocenters. The number of amidine groups is 1. The number of hydrogen-bond donors (Lipinski definition) is 0. The molecule has 0 amide bonds. The Bertz CT molecular complexity index is 1310. The van der Waals surface area contributed by atoms with E-state index in [9.17, 15) is 4.39 Å². The van der Waals surface area contributed by atoms with Gasteiger partial charge >= 0.3 is 0 Å². The highest BCUT2D eigenvalue weighted by Crippen LogP contribution is 2.55. The molecule has 4 aliphatic heterocycles. The minimum atomic E-state index is -0.484. The molecule has 4 fully saturated rings. The maximum absolute atomic E-state index is 14.6. The van der Waals surface area contributed by atoms with Crippen LogP contribution in [0.15, 0.2) is 47.6 Å². The summed E-state index contributed by atoms with van der Waals surface area (Å²) in [5.41, 5.74) is 0.565. The minimum Gasteiger partial charge on any atom is -0.497 e. The fourth-order valence-electron chi connectivity index (χ4n) is 6.98. The van der Waals surface area contributed by atoms with Gasteiger partial charge in [0, 0.05) is 43.1 Å². The standard InChI is InChI=1S/C27H28FN3O3S/c1-32-21-7-6-18(23(11-21)33-2)13-31-26(24-10-17-4-3-5-22(28)25(17)35-24)29-34-27(31)19-8-16-9-20(27)15-30(12-16)14-19/h3-7,10-11,16,19-20H,8-9,12-15H2,1-2H3. The zero-order chi connectivity index (χ0) is 23.7. The second kappa shape index (κ2) is 7.83. The number of benzene rings is 2. The molecule has 1 saturated carbocycles. The molecule has 5 heterocycles. The van der Waals surface area contributed by atoms with Crippen LogP contribution in [0, 0.1) is 23.6 Å². The van der Waals surface area contributed by atoms with Crippen molar-refractivity contribution in [3.05, 3.63) is 58.7 Å². The van der Waals surface area contributed by atoms with Crippen molar-refractivity contribution in [3.8, 4) is 11.5 Å². The molecule has 1 spiro atoms. The largest absolute Gasteiger partial charge is 0.497 e. The van der Waals surface area contributed by atoms with Crippen molar-refractivity contribution in [1.82, 2.24) is 9.80 Å². The molecular formula is C27H28FN3O3S. The van der Waals surface area contributed by atoms with Gasteiger partial charge in [0.2, 0.25) is 5.72 Å². The lowest BCUT2D eigenvalue weighted by Gasteiger charge is -2.61. The van der Waals surface area contributed by atoms with Gasteiger partial charge in [0.15, 0.2) is 5.84 Å². The summed E-state index contributed by atoms with van der Waals surface area (Å²) in [5.74, 6) is 3.64. The topological polar surface area (TPSA) is 46.5 Å². The minimum absolute atomic E-state index is 0.196. The van der Waals surface area contributed by atoms with Gasteiger partial charge in [-0.2, -0.15) is 0 Å². The Morgan fingerprint density at radius 2 is 1.91 bits per heavy atom. The van der Waals surface area contributed by atoms with E-state index in [1.165, 1.54) is 23.9 Å². The lowest BCUT2D eigenvalue weighted by molar-refractivity contribution is -0.251. The molecule has 3 aromatic rings. The van der Waals surface area contributed by atoms with Crippen LogP contribution in [-0.2, 0) is 11.4 Å². The van der Waals surface area contributed by atoms with Crippen molar-refractivity contribution in [2.75, 3.05) is 33.9 Å². The summed E-state index contributed by atoms with van der Waals surface area (Å²) in [5, 5.41) is 5.64. The maximum atomic E-state index is 14.6. The first-order chi connectivity index (χ1) is 17.1. The summed E-state index contributed by atoms with van der Waals surface area (Å²) in [4.78, 5) is 12.4. The van der Waals surface area contributed by atoms with Crippen molar-refractivity contribution in [3.63, 3.8) is 0 Å². The van der Waals surface area contributed by atoms with Crippen LogP contribution in [0.5, 0.6) is 11.5 Å². The van der Waals surface area contributed by atoms with Gasteiger partial charge in [-0.15, -0.1) is 11.3 Å². The SMILES string of the molecule is COc1ccc(CN2C(c3cc4cccc(F)c4s3)=NOC23C2CC4CC3CN(C4)C2)c(OC)c1. The zero-order valence-corrected chi connectivity index (χ0v) is 20.7. The van der Waals surface area contributed by atoms with Crippen molar-refractivity contribution in [2.45, 2.75) is 25.1 Å². The van der Waals surface area contributed by atoms with Crippen LogP contribution in [-0.4, -0.2) is 55.2 Å². The summed E-state index contributed by atoms with van der Waals surface area (Å²) < 4.78 is 26.4. The van der Waals surface area contributed by atoms with Gasteiger partial charge < -0.3 is 24.1 Å². The Hall–Kier alpha value is -2.84. The third kappa shape index (κ3) is 3.12. The van der Waals surface area contributed by atoms with E-state index in [0.29, 0.717) is 23.1 Å². The first-order valence-electron chi connectivity index (χ1n) is 12.2. The van der Waals surface area contributed by atoms with Gasteiger partial charge in [-0.1, -0.05) is 17.3 Å². The molecule has 182 valence electrons. The summed E-state index contributed by atoms with van der Waals surface area (Å²) in [7, 11) is 3.35. The summed E-state index contributed by atoms with van der Waals surface area (Å²) >= 11 is 1.45. The Labute approximate surface area is 207 Å². The van der Waals surface area contributed by atoms with E-state index < -0.39 is 5.72 Å². The number of nitrogens with zero attached hydrogens (tertiary/aromatic N) is 3. The number of piperidine rings is 3. The van der Waals surface area contributed by atoms with Crippen LogP contribution in [0.25, 0.3) is 10.1 Å². The first-order valence-corrected chi connectivity index (χ1v) is 13.1.